The molecule has 0 spiro atoms. The van der Waals surface area contributed by atoms with E-state index < -0.39 is 5.97 Å². The number of rotatable bonds is 15. The van der Waals surface area contributed by atoms with E-state index in [1.807, 2.05) is 6.92 Å². The second-order valence-corrected chi connectivity index (χ2v) is 7.04. The van der Waals surface area contributed by atoms with Crippen molar-refractivity contribution < 1.29 is 9.90 Å². The van der Waals surface area contributed by atoms with E-state index in [1.165, 1.54) is 75.1 Å². The number of carboxylic acids is 1. The number of hydrogen-bond acceptors (Lipinski definition) is 1. The average molecular weight is 396 g/mol. The molecule has 0 aliphatic rings. The van der Waals surface area contributed by atoms with E-state index in [4.69, 9.17) is 5.11 Å². The van der Waals surface area contributed by atoms with Gasteiger partial charge in [-0.1, -0.05) is 100 Å². The highest BCUT2D eigenvalue weighted by atomic mass is 127. The lowest BCUT2D eigenvalue weighted by molar-refractivity contribution is -0.141. The minimum atomic E-state index is -0.650. The van der Waals surface area contributed by atoms with Crippen molar-refractivity contribution in [2.24, 2.45) is 5.92 Å². The van der Waals surface area contributed by atoms with Gasteiger partial charge in [0.15, 0.2) is 0 Å². The number of halogens is 1. The molecule has 1 unspecified atom stereocenters. The van der Waals surface area contributed by atoms with Crippen LogP contribution in [0.5, 0.6) is 0 Å². The zero-order valence-electron chi connectivity index (χ0n) is 13.2. The number of carboxylic acid groups (broad SMARTS) is 1. The van der Waals surface area contributed by atoms with Crippen molar-refractivity contribution in [1.82, 2.24) is 0 Å². The first-order valence-corrected chi connectivity index (χ1v) is 9.99. The highest BCUT2D eigenvalue weighted by molar-refractivity contribution is 14.1. The van der Waals surface area contributed by atoms with Crippen LogP contribution in [-0.2, 0) is 4.79 Å². The lowest BCUT2D eigenvalue weighted by atomic mass is 10.0. The maximum atomic E-state index is 10.6. The Labute approximate surface area is 139 Å². The summed E-state index contributed by atoms with van der Waals surface area (Å²) in [6.45, 7) is 1.81. The molecule has 0 aromatic carbocycles. The topological polar surface area (TPSA) is 37.3 Å². The first kappa shape index (κ1) is 20.2. The zero-order chi connectivity index (χ0) is 15.1. The second kappa shape index (κ2) is 15.6. The molecule has 0 aliphatic heterocycles. The standard InChI is InChI=1S/C17H33IO2/c1-16(17(19)20)14-12-10-8-6-4-2-3-5-7-9-11-13-15-18/h16H,2-15H2,1H3,(H,19,20). The van der Waals surface area contributed by atoms with Crippen molar-refractivity contribution in [1.29, 1.82) is 0 Å². The summed E-state index contributed by atoms with van der Waals surface area (Å²) in [6.07, 6.45) is 16.9. The molecule has 0 saturated heterocycles. The molecule has 0 saturated carbocycles. The SMILES string of the molecule is CC(CCCCCCCCCCCCCCI)C(=O)O. The summed E-state index contributed by atoms with van der Waals surface area (Å²) in [6, 6.07) is 0. The summed E-state index contributed by atoms with van der Waals surface area (Å²) in [4.78, 5) is 10.6. The van der Waals surface area contributed by atoms with Gasteiger partial charge in [0, 0.05) is 0 Å². The lowest BCUT2D eigenvalue weighted by Gasteiger charge is -2.05. The Morgan fingerprint density at radius 2 is 1.15 bits per heavy atom. The minimum Gasteiger partial charge on any atom is -0.481 e. The van der Waals surface area contributed by atoms with Crippen molar-refractivity contribution in [2.45, 2.75) is 90.4 Å². The molecule has 0 aromatic heterocycles. The molecule has 0 fully saturated rings. The number of alkyl halides is 1. The van der Waals surface area contributed by atoms with Crippen LogP contribution >= 0.6 is 22.6 Å². The van der Waals surface area contributed by atoms with Crippen LogP contribution in [0.1, 0.15) is 90.4 Å². The quantitative estimate of drug-likeness (QED) is 0.203. The molecule has 2 nitrogen and oxygen atoms in total. The summed E-state index contributed by atoms with van der Waals surface area (Å²) in [7, 11) is 0. The van der Waals surface area contributed by atoms with Gasteiger partial charge in [0.2, 0.25) is 0 Å². The van der Waals surface area contributed by atoms with Crippen molar-refractivity contribution in [3.8, 4) is 0 Å². The maximum Gasteiger partial charge on any atom is 0.306 e. The van der Waals surface area contributed by atoms with Crippen LogP contribution in [-0.4, -0.2) is 15.5 Å². The normalized spacial score (nSPS) is 12.5. The largest absolute Gasteiger partial charge is 0.481 e. The molecule has 1 N–H and O–H groups in total. The second-order valence-electron chi connectivity index (χ2n) is 5.96. The molecular weight excluding hydrogens is 363 g/mol. The summed E-state index contributed by atoms with van der Waals surface area (Å²) in [5.74, 6) is -0.814. The van der Waals surface area contributed by atoms with Crippen LogP contribution in [0.25, 0.3) is 0 Å². The van der Waals surface area contributed by atoms with E-state index in [9.17, 15) is 4.79 Å². The summed E-state index contributed by atoms with van der Waals surface area (Å²) >= 11 is 2.46. The molecular formula is C17H33IO2. The average Bonchev–Trinajstić information content (AvgIpc) is 2.43. The third-order valence-electron chi connectivity index (χ3n) is 3.94. The highest BCUT2D eigenvalue weighted by Crippen LogP contribution is 2.14. The smallest absolute Gasteiger partial charge is 0.306 e. The van der Waals surface area contributed by atoms with Crippen molar-refractivity contribution in [2.75, 3.05) is 4.43 Å². The van der Waals surface area contributed by atoms with Crippen molar-refractivity contribution in [3.63, 3.8) is 0 Å². The van der Waals surface area contributed by atoms with Crippen LogP contribution in [0.2, 0.25) is 0 Å². The fraction of sp³-hybridized carbons (Fsp3) is 0.941. The van der Waals surface area contributed by atoms with E-state index in [1.54, 1.807) is 0 Å². The van der Waals surface area contributed by atoms with Gasteiger partial charge >= 0.3 is 5.97 Å². The van der Waals surface area contributed by atoms with Crippen LogP contribution < -0.4 is 0 Å². The molecule has 120 valence electrons. The number of aliphatic carboxylic acids is 1. The first-order chi connectivity index (χ1) is 9.68. The van der Waals surface area contributed by atoms with Gasteiger partial charge in [-0.2, -0.15) is 0 Å². The third-order valence-corrected chi connectivity index (χ3v) is 4.71. The summed E-state index contributed by atoms with van der Waals surface area (Å²) < 4.78 is 1.31. The molecule has 1 atom stereocenters. The van der Waals surface area contributed by atoms with Crippen LogP contribution in [0.4, 0.5) is 0 Å². The van der Waals surface area contributed by atoms with Gasteiger partial charge in [-0.3, -0.25) is 4.79 Å². The van der Waals surface area contributed by atoms with Gasteiger partial charge < -0.3 is 5.11 Å². The summed E-state index contributed by atoms with van der Waals surface area (Å²) in [5.41, 5.74) is 0. The van der Waals surface area contributed by atoms with Crippen LogP contribution in [0, 0.1) is 5.92 Å². The molecule has 20 heavy (non-hydrogen) atoms. The third kappa shape index (κ3) is 14.6. The molecule has 0 bridgehead atoms. The van der Waals surface area contributed by atoms with Crippen molar-refractivity contribution >= 4 is 28.6 Å². The van der Waals surface area contributed by atoms with Gasteiger partial charge in [0.05, 0.1) is 5.92 Å². The lowest BCUT2D eigenvalue weighted by Crippen LogP contribution is -2.08. The molecule has 0 aromatic rings. The van der Waals surface area contributed by atoms with Gasteiger partial charge in [-0.05, 0) is 17.3 Å². The van der Waals surface area contributed by atoms with Gasteiger partial charge in [-0.25, -0.2) is 0 Å². The van der Waals surface area contributed by atoms with Crippen molar-refractivity contribution in [3.05, 3.63) is 0 Å². The molecule has 3 heteroatoms. The molecule has 0 aliphatic carbocycles. The van der Waals surface area contributed by atoms with Gasteiger partial charge in [0.1, 0.15) is 0 Å². The van der Waals surface area contributed by atoms with Crippen LogP contribution in [0.15, 0.2) is 0 Å². The molecule has 0 amide bonds. The van der Waals surface area contributed by atoms with E-state index >= 15 is 0 Å². The Balaban J connectivity index is 3.04. The number of unbranched alkanes of at least 4 members (excludes halogenated alkanes) is 11. The fourth-order valence-electron chi connectivity index (χ4n) is 2.44. The predicted molar refractivity (Wildman–Crippen MR) is 95.7 cm³/mol. The first-order valence-electron chi connectivity index (χ1n) is 8.47. The molecule has 0 radical (unpaired) electrons. The highest BCUT2D eigenvalue weighted by Gasteiger charge is 2.09. The Kier molecular flexibility index (Phi) is 15.7. The molecule has 0 rings (SSSR count). The number of carbonyl (C=O) groups is 1. The molecule has 0 heterocycles. The zero-order valence-corrected chi connectivity index (χ0v) is 15.4. The predicted octanol–water partition coefficient (Wildman–Crippen LogP) is 6.21. The van der Waals surface area contributed by atoms with E-state index in [-0.39, 0.29) is 5.92 Å². The Morgan fingerprint density at radius 1 is 0.800 bits per heavy atom. The van der Waals surface area contributed by atoms with Gasteiger partial charge in [0.25, 0.3) is 0 Å². The fourth-order valence-corrected chi connectivity index (χ4v) is 2.98. The monoisotopic (exact) mass is 396 g/mol. The van der Waals surface area contributed by atoms with E-state index in [2.05, 4.69) is 22.6 Å². The van der Waals surface area contributed by atoms with Crippen LogP contribution in [0.3, 0.4) is 0 Å². The Bertz CT molecular complexity index is 219. The maximum absolute atomic E-state index is 10.6. The minimum absolute atomic E-state index is 0.165. The van der Waals surface area contributed by atoms with Gasteiger partial charge in [-0.15, -0.1) is 0 Å². The Morgan fingerprint density at radius 3 is 1.50 bits per heavy atom. The van der Waals surface area contributed by atoms with E-state index in [0.717, 1.165) is 12.8 Å². The number of hydrogen-bond donors (Lipinski definition) is 1. The summed E-state index contributed by atoms with van der Waals surface area (Å²) in [5, 5.41) is 8.77. The van der Waals surface area contributed by atoms with E-state index in [0.29, 0.717) is 0 Å². The Hall–Kier alpha value is 0.200.